The monoisotopic (exact) mass is 454 g/mol. The topological polar surface area (TPSA) is 111 Å². The van der Waals surface area contributed by atoms with E-state index in [1.165, 1.54) is 44.2 Å². The Morgan fingerprint density at radius 3 is 2.43 bits per heavy atom. The van der Waals surface area contributed by atoms with Crippen LogP contribution in [0.5, 0.6) is 0 Å². The fraction of sp³-hybridized carbons (Fsp3) is 0.421. The van der Waals surface area contributed by atoms with Crippen molar-refractivity contribution >= 4 is 32.3 Å². The van der Waals surface area contributed by atoms with Crippen LogP contribution in [0.1, 0.15) is 26.7 Å². The number of nitrogens with zero attached hydrogens (tertiary/aromatic N) is 3. The van der Waals surface area contributed by atoms with Gasteiger partial charge in [0.15, 0.2) is 9.84 Å². The van der Waals surface area contributed by atoms with Gasteiger partial charge in [0, 0.05) is 5.56 Å². The van der Waals surface area contributed by atoms with Gasteiger partial charge in [-0.1, -0.05) is 0 Å². The highest BCUT2D eigenvalue weighted by atomic mass is 32.2. The lowest BCUT2D eigenvalue weighted by atomic mass is 9.96. The molecule has 160 valence electrons. The number of rotatable bonds is 3. The largest absolute Gasteiger partial charge is 0.416 e. The molecule has 0 saturated heterocycles. The summed E-state index contributed by atoms with van der Waals surface area (Å²) in [4.78, 5) is 4.80. The number of aliphatic imine (C=N–C) groups is 1. The van der Waals surface area contributed by atoms with Crippen LogP contribution in [0.25, 0.3) is 16.4 Å². The van der Waals surface area contributed by atoms with Crippen LogP contribution < -0.4 is 5.73 Å². The molecule has 0 radical (unpaired) electrons. The molecule has 30 heavy (non-hydrogen) atoms. The number of alkyl halides is 1. The number of thioether (sulfide) groups is 1. The normalized spacial score (nSPS) is 30.0. The van der Waals surface area contributed by atoms with Crippen molar-refractivity contribution in [2.45, 2.75) is 42.5 Å². The molecule has 0 fully saturated rings. The maximum atomic E-state index is 15.0. The maximum Gasteiger partial charge on any atom is 0.254 e. The second-order valence-corrected chi connectivity index (χ2v) is 11.8. The van der Waals surface area contributed by atoms with E-state index >= 15 is 0 Å². The summed E-state index contributed by atoms with van der Waals surface area (Å²) < 4.78 is 57.9. The molecule has 2 N–H and O–H groups in total. The van der Waals surface area contributed by atoms with Gasteiger partial charge in [-0.2, -0.15) is 0 Å². The first kappa shape index (κ1) is 21.0. The Kier molecular flexibility index (Phi) is 4.81. The first-order chi connectivity index (χ1) is 13.9. The number of allylic oxidation sites excluding steroid dienone is 1. The lowest BCUT2D eigenvalue weighted by molar-refractivity contribution is 0.326. The van der Waals surface area contributed by atoms with E-state index in [2.05, 4.69) is 15.2 Å². The van der Waals surface area contributed by atoms with Crippen molar-refractivity contribution in [1.29, 1.82) is 0 Å². The fourth-order valence-electron chi connectivity index (χ4n) is 3.41. The van der Waals surface area contributed by atoms with Crippen molar-refractivity contribution < 1.29 is 21.6 Å². The molecule has 2 unspecified atom stereocenters. The number of aromatic nitrogens is 2. The minimum absolute atomic E-state index is 0.0334. The Bertz CT molecular complexity index is 1160. The predicted octanol–water partition coefficient (Wildman–Crippen LogP) is 2.99. The van der Waals surface area contributed by atoms with Crippen molar-refractivity contribution in [1.82, 2.24) is 10.2 Å². The molecule has 2 aliphatic heterocycles. The third-order valence-corrected chi connectivity index (χ3v) is 9.76. The molecular formula is C19H20F2N4O3S2. The summed E-state index contributed by atoms with van der Waals surface area (Å²) in [6.45, 7) is 4.58. The van der Waals surface area contributed by atoms with Crippen LogP contribution in [0.2, 0.25) is 0 Å². The Morgan fingerprint density at radius 2 is 1.80 bits per heavy atom. The molecule has 3 heterocycles. The quantitative estimate of drug-likeness (QED) is 0.759. The Morgan fingerprint density at radius 1 is 1.17 bits per heavy atom. The van der Waals surface area contributed by atoms with Gasteiger partial charge in [-0.3, -0.25) is 4.99 Å². The summed E-state index contributed by atoms with van der Waals surface area (Å²) in [5.41, 5.74) is 5.23. The molecule has 0 bridgehead atoms. The van der Waals surface area contributed by atoms with E-state index in [0.717, 1.165) is 11.8 Å². The SMILES string of the molecule is CC1(C)C(N)=N[C@](C)(C2SC(c3nnc(-c4ccc(F)cc4)o3)=CC2F)CS1(=O)=O. The van der Waals surface area contributed by atoms with Crippen LogP contribution in [0.3, 0.4) is 0 Å². The van der Waals surface area contributed by atoms with E-state index in [1.54, 1.807) is 6.92 Å². The first-order valence-electron chi connectivity index (χ1n) is 9.13. The summed E-state index contributed by atoms with van der Waals surface area (Å²) in [6.07, 6.45) is -0.162. The van der Waals surface area contributed by atoms with Crippen LogP contribution >= 0.6 is 11.8 Å². The van der Waals surface area contributed by atoms with E-state index in [4.69, 9.17) is 10.2 Å². The minimum Gasteiger partial charge on any atom is -0.416 e. The molecular weight excluding hydrogens is 434 g/mol. The number of nitrogens with two attached hydrogens (primary N) is 1. The first-order valence-corrected chi connectivity index (χ1v) is 11.7. The van der Waals surface area contributed by atoms with Crippen molar-refractivity contribution in [3.63, 3.8) is 0 Å². The molecule has 2 aliphatic rings. The van der Waals surface area contributed by atoms with Crippen molar-refractivity contribution in [2.24, 2.45) is 10.7 Å². The molecule has 0 spiro atoms. The highest BCUT2D eigenvalue weighted by Gasteiger charge is 2.54. The highest BCUT2D eigenvalue weighted by Crippen LogP contribution is 2.48. The summed E-state index contributed by atoms with van der Waals surface area (Å²) >= 11 is 1.09. The van der Waals surface area contributed by atoms with E-state index in [1.807, 2.05) is 0 Å². The van der Waals surface area contributed by atoms with E-state index in [0.29, 0.717) is 10.5 Å². The standard InChI is InChI=1S/C19H20F2N4O3S2/c1-18(2)17(22)23-19(3,9-30(18,26)27)14-12(21)8-13(29-14)16-25-24-15(28-16)10-4-6-11(20)7-5-10/h4-8,12,14H,9H2,1-3H3,(H2,22,23)/t12?,14?,19-/m0/s1. The molecule has 1 aromatic carbocycles. The molecule has 7 nitrogen and oxygen atoms in total. The van der Waals surface area contributed by atoms with Crippen LogP contribution in [0.15, 0.2) is 39.8 Å². The lowest BCUT2D eigenvalue weighted by Gasteiger charge is -2.40. The van der Waals surface area contributed by atoms with E-state index in [-0.39, 0.29) is 23.4 Å². The van der Waals surface area contributed by atoms with Crippen molar-refractivity contribution in [2.75, 3.05) is 5.75 Å². The zero-order valence-electron chi connectivity index (χ0n) is 16.5. The molecule has 11 heteroatoms. The maximum absolute atomic E-state index is 15.0. The Balaban J connectivity index is 1.60. The summed E-state index contributed by atoms with van der Waals surface area (Å²) in [5.74, 6) is -0.481. The molecule has 1 aromatic heterocycles. The zero-order valence-corrected chi connectivity index (χ0v) is 18.1. The van der Waals surface area contributed by atoms with Gasteiger partial charge < -0.3 is 10.2 Å². The molecule has 0 aliphatic carbocycles. The van der Waals surface area contributed by atoms with Gasteiger partial charge in [0.05, 0.1) is 21.4 Å². The number of halogens is 2. The van der Waals surface area contributed by atoms with Crippen molar-refractivity contribution in [3.8, 4) is 11.5 Å². The van der Waals surface area contributed by atoms with Gasteiger partial charge in [0.2, 0.25) is 5.89 Å². The van der Waals surface area contributed by atoms with Crippen molar-refractivity contribution in [3.05, 3.63) is 42.0 Å². The molecule has 0 saturated carbocycles. The van der Waals surface area contributed by atoms with E-state index in [9.17, 15) is 17.2 Å². The Hall–Kier alpha value is -2.27. The third-order valence-electron chi connectivity index (χ3n) is 5.45. The average Bonchev–Trinajstić information content (AvgIpc) is 3.27. The van der Waals surface area contributed by atoms with Gasteiger partial charge in [-0.15, -0.1) is 22.0 Å². The van der Waals surface area contributed by atoms with Gasteiger partial charge in [0.1, 0.15) is 22.6 Å². The average molecular weight is 455 g/mol. The number of benzene rings is 1. The fourth-order valence-corrected chi connectivity index (χ4v) is 6.52. The minimum atomic E-state index is -3.64. The van der Waals surface area contributed by atoms with Crippen LogP contribution in [0.4, 0.5) is 8.78 Å². The molecule has 3 atom stereocenters. The Labute approximate surface area is 176 Å². The number of hydrogen-bond acceptors (Lipinski definition) is 8. The summed E-state index contributed by atoms with van der Waals surface area (Å²) in [6, 6.07) is 5.53. The summed E-state index contributed by atoms with van der Waals surface area (Å²) in [5, 5.41) is 7.07. The number of amidine groups is 1. The highest BCUT2D eigenvalue weighted by molar-refractivity contribution is 8.09. The predicted molar refractivity (Wildman–Crippen MR) is 112 cm³/mol. The second-order valence-electron chi connectivity index (χ2n) is 8.06. The number of hydrogen-bond donors (Lipinski definition) is 1. The van der Waals surface area contributed by atoms with Crippen LogP contribution in [-0.4, -0.2) is 51.9 Å². The van der Waals surface area contributed by atoms with E-state index < -0.39 is 37.4 Å². The number of sulfone groups is 1. The molecule has 2 aromatic rings. The lowest BCUT2D eigenvalue weighted by Crippen LogP contribution is -2.59. The van der Waals surface area contributed by atoms with Gasteiger partial charge in [-0.25, -0.2) is 17.2 Å². The summed E-state index contributed by atoms with van der Waals surface area (Å²) in [7, 11) is -3.64. The van der Waals surface area contributed by atoms with Gasteiger partial charge >= 0.3 is 0 Å². The van der Waals surface area contributed by atoms with Crippen LogP contribution in [-0.2, 0) is 9.84 Å². The second kappa shape index (κ2) is 6.88. The molecule has 0 amide bonds. The third kappa shape index (κ3) is 3.33. The van der Waals surface area contributed by atoms with Gasteiger partial charge in [-0.05, 0) is 51.1 Å². The van der Waals surface area contributed by atoms with Gasteiger partial charge in [0.25, 0.3) is 5.89 Å². The molecule has 4 rings (SSSR count). The smallest absolute Gasteiger partial charge is 0.254 e. The zero-order chi connectivity index (χ0) is 21.9. The van der Waals surface area contributed by atoms with Crippen LogP contribution in [0, 0.1) is 5.82 Å².